The summed E-state index contributed by atoms with van der Waals surface area (Å²) >= 11 is 3.37. The number of nitrogens with zero attached hydrogens (tertiary/aromatic N) is 4. The van der Waals surface area contributed by atoms with Crippen molar-refractivity contribution in [1.82, 2.24) is 19.8 Å². The van der Waals surface area contributed by atoms with Gasteiger partial charge in [0.05, 0.1) is 27.0 Å². The first-order valence-corrected chi connectivity index (χ1v) is 12.8. The maximum atomic E-state index is 13.0. The van der Waals surface area contributed by atoms with E-state index in [1.807, 2.05) is 47.5 Å². The lowest BCUT2D eigenvalue weighted by atomic mass is 10.1. The highest BCUT2D eigenvalue weighted by Crippen LogP contribution is 2.30. The number of carbonyl (C=O) groups excluding carboxylic acids is 1. The number of para-hydroxylation sites is 1. The Balaban J connectivity index is 1.15. The highest BCUT2D eigenvalue weighted by atomic mass is 32.1. The number of hydrogen-bond donors (Lipinski definition) is 0. The van der Waals surface area contributed by atoms with Crippen molar-refractivity contribution in [2.45, 2.75) is 26.5 Å². The lowest BCUT2D eigenvalue weighted by Gasteiger charge is -2.37. The molecular formula is C25H26N4O2S2. The van der Waals surface area contributed by atoms with Gasteiger partial charge in [-0.3, -0.25) is 9.69 Å². The van der Waals surface area contributed by atoms with Gasteiger partial charge < -0.3 is 9.64 Å². The van der Waals surface area contributed by atoms with E-state index in [9.17, 15) is 4.79 Å². The Kier molecular flexibility index (Phi) is 6.39. The SMILES string of the molecule is Cc1nc(COc2ccc(C(=O)N3CCN(C(C)c4nc5ccccc5s4)CC3)cc2)cs1. The third kappa shape index (κ3) is 4.93. The van der Waals surface area contributed by atoms with Gasteiger partial charge in [0, 0.05) is 37.1 Å². The maximum Gasteiger partial charge on any atom is 0.253 e. The predicted molar refractivity (Wildman–Crippen MR) is 133 cm³/mol. The van der Waals surface area contributed by atoms with Crippen LogP contribution in [-0.4, -0.2) is 51.9 Å². The zero-order chi connectivity index (χ0) is 22.8. The maximum absolute atomic E-state index is 13.0. The van der Waals surface area contributed by atoms with Crippen LogP contribution in [0.1, 0.15) is 39.0 Å². The van der Waals surface area contributed by atoms with E-state index in [1.165, 1.54) is 4.70 Å². The number of rotatable bonds is 6. The third-order valence-corrected chi connectivity index (χ3v) is 8.00. The van der Waals surface area contributed by atoms with Crippen molar-refractivity contribution < 1.29 is 9.53 Å². The lowest BCUT2D eigenvalue weighted by Crippen LogP contribution is -2.49. The van der Waals surface area contributed by atoms with Gasteiger partial charge in [0.2, 0.25) is 0 Å². The summed E-state index contributed by atoms with van der Waals surface area (Å²) in [5, 5.41) is 4.17. The van der Waals surface area contributed by atoms with E-state index >= 15 is 0 Å². The fourth-order valence-corrected chi connectivity index (χ4v) is 5.70. The van der Waals surface area contributed by atoms with Crippen molar-refractivity contribution in [2.24, 2.45) is 0 Å². The Morgan fingerprint density at radius 2 is 1.82 bits per heavy atom. The largest absolute Gasteiger partial charge is 0.487 e. The Morgan fingerprint density at radius 1 is 1.06 bits per heavy atom. The van der Waals surface area contributed by atoms with Crippen LogP contribution in [0.5, 0.6) is 5.75 Å². The second-order valence-electron chi connectivity index (χ2n) is 8.19. The van der Waals surface area contributed by atoms with E-state index in [0.29, 0.717) is 12.2 Å². The molecule has 2 aromatic carbocycles. The van der Waals surface area contributed by atoms with Gasteiger partial charge in [-0.1, -0.05) is 12.1 Å². The molecule has 5 rings (SSSR count). The molecule has 0 saturated carbocycles. The quantitative estimate of drug-likeness (QED) is 0.383. The van der Waals surface area contributed by atoms with Gasteiger partial charge in [-0.15, -0.1) is 22.7 Å². The smallest absolute Gasteiger partial charge is 0.253 e. The summed E-state index contributed by atoms with van der Waals surface area (Å²) in [6.07, 6.45) is 0. The normalized spacial score (nSPS) is 15.6. The number of carbonyl (C=O) groups is 1. The molecule has 0 bridgehead atoms. The molecule has 1 aliphatic heterocycles. The molecule has 33 heavy (non-hydrogen) atoms. The number of thiazole rings is 2. The molecule has 0 radical (unpaired) electrons. The summed E-state index contributed by atoms with van der Waals surface area (Å²) < 4.78 is 7.02. The first kappa shape index (κ1) is 22.0. The molecule has 170 valence electrons. The Morgan fingerprint density at radius 3 is 2.52 bits per heavy atom. The number of aromatic nitrogens is 2. The summed E-state index contributed by atoms with van der Waals surface area (Å²) in [6.45, 7) is 7.75. The fourth-order valence-electron chi connectivity index (χ4n) is 4.05. The molecule has 2 aromatic heterocycles. The minimum atomic E-state index is 0.0731. The van der Waals surface area contributed by atoms with Crippen LogP contribution in [0, 0.1) is 6.92 Å². The first-order valence-electron chi connectivity index (χ1n) is 11.1. The molecule has 1 saturated heterocycles. The average Bonchev–Trinajstić information content (AvgIpc) is 3.48. The summed E-state index contributed by atoms with van der Waals surface area (Å²) in [5.41, 5.74) is 2.68. The van der Waals surface area contributed by atoms with E-state index in [0.717, 1.165) is 53.2 Å². The molecule has 8 heteroatoms. The number of benzene rings is 2. The molecular weight excluding hydrogens is 452 g/mol. The number of aryl methyl sites for hydroxylation is 1. The van der Waals surface area contributed by atoms with E-state index < -0.39 is 0 Å². The Hall–Kier alpha value is -2.81. The van der Waals surface area contributed by atoms with Crippen molar-refractivity contribution in [3.05, 3.63) is 75.2 Å². The number of hydrogen-bond acceptors (Lipinski definition) is 7. The first-order chi connectivity index (χ1) is 16.1. The summed E-state index contributed by atoms with van der Waals surface area (Å²) in [6, 6.07) is 15.9. The molecule has 1 atom stereocenters. The van der Waals surface area contributed by atoms with Gasteiger partial charge in [0.1, 0.15) is 17.4 Å². The number of ether oxygens (including phenoxy) is 1. The lowest BCUT2D eigenvalue weighted by molar-refractivity contribution is 0.0582. The molecule has 1 aliphatic rings. The fraction of sp³-hybridized carbons (Fsp3) is 0.320. The van der Waals surface area contributed by atoms with Crippen LogP contribution in [0.25, 0.3) is 10.2 Å². The number of piperazine rings is 1. The van der Waals surface area contributed by atoms with Gasteiger partial charge in [0.15, 0.2) is 0 Å². The Bertz CT molecular complexity index is 1210. The molecule has 1 fully saturated rings. The van der Waals surface area contributed by atoms with Gasteiger partial charge in [-0.05, 0) is 50.2 Å². The highest BCUT2D eigenvalue weighted by molar-refractivity contribution is 7.18. The van der Waals surface area contributed by atoms with Crippen molar-refractivity contribution in [1.29, 1.82) is 0 Å². The van der Waals surface area contributed by atoms with Crippen molar-refractivity contribution in [3.63, 3.8) is 0 Å². The third-order valence-electron chi connectivity index (χ3n) is 5.97. The van der Waals surface area contributed by atoms with Crippen molar-refractivity contribution in [2.75, 3.05) is 26.2 Å². The summed E-state index contributed by atoms with van der Waals surface area (Å²) in [5.74, 6) is 0.815. The molecule has 4 aromatic rings. The van der Waals surface area contributed by atoms with Gasteiger partial charge in [0.25, 0.3) is 5.91 Å². The second-order valence-corrected chi connectivity index (χ2v) is 10.3. The molecule has 0 spiro atoms. The number of amides is 1. The van der Waals surface area contributed by atoms with E-state index in [1.54, 1.807) is 22.7 Å². The molecule has 6 nitrogen and oxygen atoms in total. The zero-order valence-corrected chi connectivity index (χ0v) is 20.4. The highest BCUT2D eigenvalue weighted by Gasteiger charge is 2.27. The van der Waals surface area contributed by atoms with E-state index in [2.05, 4.69) is 35.0 Å². The standard InChI is InChI=1S/C25H26N4O2S2/c1-17(24-27-22-5-3-4-6-23(22)33-24)28-11-13-29(14-12-28)25(30)19-7-9-21(10-8-19)31-15-20-16-32-18(2)26-20/h3-10,16-17H,11-15H2,1-2H3. The van der Waals surface area contributed by atoms with Crippen LogP contribution >= 0.6 is 22.7 Å². The minimum absolute atomic E-state index is 0.0731. The molecule has 1 unspecified atom stereocenters. The van der Waals surface area contributed by atoms with Crippen LogP contribution < -0.4 is 4.74 Å². The second kappa shape index (κ2) is 9.59. The monoisotopic (exact) mass is 478 g/mol. The van der Waals surface area contributed by atoms with Crippen LogP contribution in [0.15, 0.2) is 53.9 Å². The van der Waals surface area contributed by atoms with Gasteiger partial charge in [-0.25, -0.2) is 9.97 Å². The predicted octanol–water partition coefficient (Wildman–Crippen LogP) is 5.16. The van der Waals surface area contributed by atoms with Crippen LogP contribution in [0.4, 0.5) is 0 Å². The van der Waals surface area contributed by atoms with Gasteiger partial charge >= 0.3 is 0 Å². The van der Waals surface area contributed by atoms with E-state index in [-0.39, 0.29) is 11.9 Å². The molecule has 1 amide bonds. The zero-order valence-electron chi connectivity index (χ0n) is 18.7. The molecule has 3 heterocycles. The van der Waals surface area contributed by atoms with Crippen LogP contribution in [0.3, 0.4) is 0 Å². The summed E-state index contributed by atoms with van der Waals surface area (Å²) in [7, 11) is 0. The van der Waals surface area contributed by atoms with E-state index in [4.69, 9.17) is 9.72 Å². The minimum Gasteiger partial charge on any atom is -0.487 e. The average molecular weight is 479 g/mol. The van der Waals surface area contributed by atoms with Crippen molar-refractivity contribution >= 4 is 38.8 Å². The van der Waals surface area contributed by atoms with Crippen LogP contribution in [-0.2, 0) is 6.61 Å². The van der Waals surface area contributed by atoms with Gasteiger partial charge in [-0.2, -0.15) is 0 Å². The summed E-state index contributed by atoms with van der Waals surface area (Å²) in [4.78, 5) is 26.6. The molecule has 0 aliphatic carbocycles. The Labute approximate surface area is 201 Å². The van der Waals surface area contributed by atoms with Crippen molar-refractivity contribution in [3.8, 4) is 5.75 Å². The number of fused-ring (bicyclic) bond motifs is 1. The van der Waals surface area contributed by atoms with Crippen LogP contribution in [0.2, 0.25) is 0 Å². The molecule has 0 N–H and O–H groups in total. The topological polar surface area (TPSA) is 58.6 Å².